The number of anilines is 1. The average molecular weight is 228 g/mol. The highest BCUT2D eigenvalue weighted by Crippen LogP contribution is 2.27. The highest BCUT2D eigenvalue weighted by atomic mass is 32.1. The minimum Gasteiger partial charge on any atom is -0.378 e. The summed E-state index contributed by atoms with van der Waals surface area (Å²) >= 11 is 1.57. The Bertz CT molecular complexity index is 327. The number of aromatic nitrogens is 2. The van der Waals surface area contributed by atoms with Crippen LogP contribution in [0, 0.1) is 0 Å². The van der Waals surface area contributed by atoms with Gasteiger partial charge in [0.1, 0.15) is 5.01 Å². The van der Waals surface area contributed by atoms with Crippen LogP contribution in [-0.4, -0.2) is 36.5 Å². The number of morpholine rings is 1. The van der Waals surface area contributed by atoms with E-state index in [-0.39, 0.29) is 0 Å². The molecule has 0 aliphatic carbocycles. The molecule has 1 aliphatic rings. The number of rotatable bonds is 2. The van der Waals surface area contributed by atoms with E-state index in [4.69, 9.17) is 10.5 Å². The van der Waals surface area contributed by atoms with Crippen molar-refractivity contribution in [1.82, 2.24) is 10.2 Å². The second-order valence-corrected chi connectivity index (χ2v) is 5.17. The summed E-state index contributed by atoms with van der Waals surface area (Å²) in [6.07, 6.45) is 0. The van der Waals surface area contributed by atoms with Gasteiger partial charge in [-0.15, -0.1) is 10.2 Å². The van der Waals surface area contributed by atoms with Gasteiger partial charge in [0, 0.05) is 13.1 Å². The Hall–Kier alpha value is -0.720. The number of hydrogen-bond donors (Lipinski definition) is 1. The Balaban J connectivity index is 2.12. The number of nitrogens with zero attached hydrogens (tertiary/aromatic N) is 3. The summed E-state index contributed by atoms with van der Waals surface area (Å²) in [5.41, 5.74) is 5.56. The summed E-state index contributed by atoms with van der Waals surface area (Å²) in [6.45, 7) is 7.19. The third-order valence-electron chi connectivity index (χ3n) is 2.25. The molecule has 1 fully saturated rings. The summed E-state index contributed by atoms with van der Waals surface area (Å²) in [4.78, 5) is 2.19. The molecule has 15 heavy (non-hydrogen) atoms. The number of nitrogens with two attached hydrogens (primary N) is 1. The second kappa shape index (κ2) is 4.03. The fourth-order valence-electron chi connectivity index (χ4n) is 1.36. The van der Waals surface area contributed by atoms with Gasteiger partial charge in [0.25, 0.3) is 0 Å². The first-order valence-corrected chi connectivity index (χ1v) is 5.84. The molecule has 2 rings (SSSR count). The minimum absolute atomic E-state index is 0.401. The standard InChI is InChI=1S/C9H16N4OS/c1-9(2,10)7-11-12-8(15-7)13-3-5-14-6-4-13/h3-6,10H2,1-2H3. The van der Waals surface area contributed by atoms with Gasteiger partial charge in [0.2, 0.25) is 5.13 Å². The molecule has 0 saturated carbocycles. The second-order valence-electron chi connectivity index (χ2n) is 4.21. The van der Waals surface area contributed by atoms with Crippen molar-refractivity contribution >= 4 is 16.5 Å². The lowest BCUT2D eigenvalue weighted by Crippen LogP contribution is -2.36. The summed E-state index contributed by atoms with van der Waals surface area (Å²) < 4.78 is 5.29. The summed E-state index contributed by atoms with van der Waals surface area (Å²) in [5.74, 6) is 0. The highest BCUT2D eigenvalue weighted by Gasteiger charge is 2.22. The van der Waals surface area contributed by atoms with Crippen molar-refractivity contribution in [1.29, 1.82) is 0 Å². The van der Waals surface area contributed by atoms with E-state index < -0.39 is 5.54 Å². The summed E-state index contributed by atoms with van der Waals surface area (Å²) in [5, 5.41) is 10.1. The van der Waals surface area contributed by atoms with Crippen LogP contribution in [0.15, 0.2) is 0 Å². The quantitative estimate of drug-likeness (QED) is 0.801. The molecule has 1 aliphatic heterocycles. The third-order valence-corrected chi connectivity index (χ3v) is 3.57. The van der Waals surface area contributed by atoms with Gasteiger partial charge in [-0.1, -0.05) is 11.3 Å². The monoisotopic (exact) mass is 228 g/mol. The molecule has 6 heteroatoms. The van der Waals surface area contributed by atoms with Crippen LogP contribution in [0.3, 0.4) is 0 Å². The van der Waals surface area contributed by atoms with Crippen molar-refractivity contribution in [2.24, 2.45) is 5.73 Å². The Morgan fingerprint density at radius 1 is 1.33 bits per heavy atom. The fraction of sp³-hybridized carbons (Fsp3) is 0.778. The van der Waals surface area contributed by atoms with E-state index in [1.165, 1.54) is 0 Å². The zero-order valence-electron chi connectivity index (χ0n) is 9.06. The zero-order valence-corrected chi connectivity index (χ0v) is 9.88. The first-order valence-electron chi connectivity index (χ1n) is 5.03. The Kier molecular flexibility index (Phi) is 2.90. The maximum Gasteiger partial charge on any atom is 0.208 e. The van der Waals surface area contributed by atoms with Crippen molar-refractivity contribution in [2.45, 2.75) is 19.4 Å². The van der Waals surface area contributed by atoms with Crippen LogP contribution in [0.5, 0.6) is 0 Å². The van der Waals surface area contributed by atoms with E-state index in [9.17, 15) is 0 Å². The molecule has 1 aromatic rings. The van der Waals surface area contributed by atoms with Crippen LogP contribution >= 0.6 is 11.3 Å². The zero-order chi connectivity index (χ0) is 10.9. The molecule has 1 saturated heterocycles. The van der Waals surface area contributed by atoms with Gasteiger partial charge in [-0.05, 0) is 13.8 Å². The topological polar surface area (TPSA) is 64.3 Å². The Morgan fingerprint density at radius 3 is 2.53 bits per heavy atom. The molecule has 5 nitrogen and oxygen atoms in total. The molecule has 0 atom stereocenters. The minimum atomic E-state index is -0.401. The van der Waals surface area contributed by atoms with E-state index in [0.717, 1.165) is 36.4 Å². The van der Waals surface area contributed by atoms with Gasteiger partial charge >= 0.3 is 0 Å². The van der Waals surface area contributed by atoms with Crippen molar-refractivity contribution in [3.63, 3.8) is 0 Å². The predicted molar refractivity (Wildman–Crippen MR) is 60.2 cm³/mol. The van der Waals surface area contributed by atoms with Gasteiger partial charge < -0.3 is 15.4 Å². The van der Waals surface area contributed by atoms with Crippen molar-refractivity contribution in [3.8, 4) is 0 Å². The van der Waals surface area contributed by atoms with Gasteiger partial charge in [0.15, 0.2) is 0 Å². The van der Waals surface area contributed by atoms with Gasteiger partial charge in [-0.3, -0.25) is 0 Å². The molecule has 0 spiro atoms. The summed E-state index contributed by atoms with van der Waals surface area (Å²) in [7, 11) is 0. The molecule has 0 unspecified atom stereocenters. The Labute approximate surface area is 93.2 Å². The maximum atomic E-state index is 5.96. The molecule has 2 N–H and O–H groups in total. The molecule has 1 aromatic heterocycles. The number of hydrogen-bond acceptors (Lipinski definition) is 6. The van der Waals surface area contributed by atoms with Gasteiger partial charge in [-0.2, -0.15) is 0 Å². The molecule has 2 heterocycles. The van der Waals surface area contributed by atoms with E-state index in [2.05, 4.69) is 15.1 Å². The van der Waals surface area contributed by atoms with Gasteiger partial charge in [-0.25, -0.2) is 0 Å². The van der Waals surface area contributed by atoms with E-state index in [1.54, 1.807) is 11.3 Å². The SMILES string of the molecule is CC(C)(N)c1nnc(N2CCOCC2)s1. The highest BCUT2D eigenvalue weighted by molar-refractivity contribution is 7.15. The molecule has 0 bridgehead atoms. The fourth-order valence-corrected chi connectivity index (χ4v) is 2.27. The van der Waals surface area contributed by atoms with E-state index in [0.29, 0.717) is 0 Å². The lowest BCUT2D eigenvalue weighted by atomic mass is 10.1. The van der Waals surface area contributed by atoms with Crippen LogP contribution in [0.2, 0.25) is 0 Å². The van der Waals surface area contributed by atoms with Crippen LogP contribution in [-0.2, 0) is 10.3 Å². The van der Waals surface area contributed by atoms with Crippen molar-refractivity contribution < 1.29 is 4.74 Å². The van der Waals surface area contributed by atoms with Crippen molar-refractivity contribution in [3.05, 3.63) is 5.01 Å². The first kappa shape index (κ1) is 10.8. The van der Waals surface area contributed by atoms with E-state index in [1.807, 2.05) is 13.8 Å². The predicted octanol–water partition coefficient (Wildman–Crippen LogP) is 0.568. The number of ether oxygens (including phenoxy) is 1. The summed E-state index contributed by atoms with van der Waals surface area (Å²) in [6, 6.07) is 0. The molecule has 0 amide bonds. The maximum absolute atomic E-state index is 5.96. The molecule has 84 valence electrons. The molecule has 0 aromatic carbocycles. The van der Waals surface area contributed by atoms with E-state index >= 15 is 0 Å². The van der Waals surface area contributed by atoms with Crippen LogP contribution in [0.4, 0.5) is 5.13 Å². The van der Waals surface area contributed by atoms with Crippen molar-refractivity contribution in [2.75, 3.05) is 31.2 Å². The molecular formula is C9H16N4OS. The largest absolute Gasteiger partial charge is 0.378 e. The third kappa shape index (κ3) is 2.45. The average Bonchev–Trinajstić information content (AvgIpc) is 2.67. The van der Waals surface area contributed by atoms with Gasteiger partial charge in [0.05, 0.1) is 18.8 Å². The smallest absolute Gasteiger partial charge is 0.208 e. The lowest BCUT2D eigenvalue weighted by Gasteiger charge is -2.25. The van der Waals surface area contributed by atoms with Crippen LogP contribution in [0.1, 0.15) is 18.9 Å². The lowest BCUT2D eigenvalue weighted by molar-refractivity contribution is 0.122. The molecule has 0 radical (unpaired) electrons. The first-order chi connectivity index (χ1) is 7.07. The normalized spacial score (nSPS) is 18.2. The van der Waals surface area contributed by atoms with Crippen LogP contribution in [0.25, 0.3) is 0 Å². The van der Waals surface area contributed by atoms with Crippen LogP contribution < -0.4 is 10.6 Å². The molecular weight excluding hydrogens is 212 g/mol. The Morgan fingerprint density at radius 2 is 2.00 bits per heavy atom.